The van der Waals surface area contributed by atoms with Crippen LogP contribution in [0.4, 0.5) is 0 Å². The van der Waals surface area contributed by atoms with Crippen LogP contribution in [-0.2, 0) is 16.6 Å². The minimum absolute atomic E-state index is 0.101. The summed E-state index contributed by atoms with van der Waals surface area (Å²) in [6.45, 7) is 3.26. The Bertz CT molecular complexity index is 612. The first-order chi connectivity index (χ1) is 8.43. The summed E-state index contributed by atoms with van der Waals surface area (Å²) in [5, 5.41) is 9.92. The van der Waals surface area contributed by atoms with Gasteiger partial charge in [-0.1, -0.05) is 5.16 Å². The number of rotatable bonds is 4. The largest absolute Gasteiger partial charge is 0.360 e. The van der Waals surface area contributed by atoms with Gasteiger partial charge in [0.25, 0.3) is 0 Å². The normalized spacial score (nSPS) is 12.2. The molecule has 2 heterocycles. The van der Waals surface area contributed by atoms with E-state index >= 15 is 0 Å². The molecular weight excluding hydrogens is 258 g/mol. The highest BCUT2D eigenvalue weighted by atomic mass is 32.2. The average Bonchev–Trinajstić information content (AvgIpc) is 2.89. The Balaban J connectivity index is 2.32. The van der Waals surface area contributed by atoms with E-state index in [9.17, 15) is 8.42 Å². The minimum Gasteiger partial charge on any atom is -0.360 e. The molecule has 0 aliphatic carbocycles. The second-order valence-electron chi connectivity index (χ2n) is 3.85. The topological polar surface area (TPSA) is 105 Å². The van der Waals surface area contributed by atoms with Crippen molar-refractivity contribution >= 4 is 10.0 Å². The Morgan fingerprint density at radius 1 is 1.44 bits per heavy atom. The van der Waals surface area contributed by atoms with Gasteiger partial charge in [-0.2, -0.15) is 9.40 Å². The van der Waals surface area contributed by atoms with Crippen LogP contribution in [0.15, 0.2) is 15.7 Å². The third-order valence-electron chi connectivity index (χ3n) is 2.47. The van der Waals surface area contributed by atoms with Gasteiger partial charge >= 0.3 is 0 Å². The van der Waals surface area contributed by atoms with Crippen LogP contribution in [0.5, 0.6) is 0 Å². The molecule has 0 aliphatic heterocycles. The molecule has 0 fully saturated rings. The van der Waals surface area contributed by atoms with Crippen molar-refractivity contribution in [3.8, 4) is 0 Å². The summed E-state index contributed by atoms with van der Waals surface area (Å²) in [7, 11) is -2.18. The van der Waals surface area contributed by atoms with Gasteiger partial charge in [0.15, 0.2) is 5.76 Å². The monoisotopic (exact) mass is 271 g/mol. The lowest BCUT2D eigenvalue weighted by Crippen LogP contribution is -2.27. The van der Waals surface area contributed by atoms with Gasteiger partial charge in [0.05, 0.1) is 6.54 Å². The Hall–Kier alpha value is -1.74. The first-order valence-electron chi connectivity index (χ1n) is 5.16. The van der Waals surface area contributed by atoms with E-state index in [1.54, 1.807) is 13.8 Å². The zero-order chi connectivity index (χ0) is 13.3. The lowest BCUT2D eigenvalue weighted by Gasteiger charge is -2.15. The van der Waals surface area contributed by atoms with Crippen molar-refractivity contribution in [3.63, 3.8) is 0 Å². The molecule has 0 saturated carbocycles. The van der Waals surface area contributed by atoms with Crippen LogP contribution in [0.25, 0.3) is 0 Å². The Morgan fingerprint density at radius 3 is 2.67 bits per heavy atom. The predicted octanol–water partition coefficient (Wildman–Crippen LogP) is 0.230. The molecule has 2 rings (SSSR count). The first kappa shape index (κ1) is 12.7. The summed E-state index contributed by atoms with van der Waals surface area (Å²) in [5.41, 5.74) is 0.344. The van der Waals surface area contributed by atoms with Crippen LogP contribution in [0.3, 0.4) is 0 Å². The van der Waals surface area contributed by atoms with Gasteiger partial charge in [0, 0.05) is 7.05 Å². The molecule has 0 aliphatic rings. The van der Waals surface area contributed by atoms with E-state index < -0.39 is 10.0 Å². The smallest absolute Gasteiger partial charge is 0.248 e. The average molecular weight is 271 g/mol. The van der Waals surface area contributed by atoms with Gasteiger partial charge in [0.2, 0.25) is 10.0 Å². The maximum absolute atomic E-state index is 12.3. The lowest BCUT2D eigenvalue weighted by atomic mass is 10.4. The summed E-state index contributed by atoms with van der Waals surface area (Å²) in [4.78, 5) is 3.99. The Kier molecular flexibility index (Phi) is 3.18. The molecule has 1 N–H and O–H groups in total. The fourth-order valence-electron chi connectivity index (χ4n) is 1.60. The number of aromatic amines is 1. The first-order valence-corrected chi connectivity index (χ1v) is 6.60. The molecule has 98 valence electrons. The molecule has 18 heavy (non-hydrogen) atoms. The molecule has 0 aromatic carbocycles. The lowest BCUT2D eigenvalue weighted by molar-refractivity contribution is 0.389. The van der Waals surface area contributed by atoms with Crippen molar-refractivity contribution in [2.75, 3.05) is 7.05 Å². The number of sulfonamides is 1. The second-order valence-corrected chi connectivity index (χ2v) is 5.83. The van der Waals surface area contributed by atoms with Crippen molar-refractivity contribution in [1.29, 1.82) is 0 Å². The molecule has 0 spiro atoms. The molecule has 2 aromatic heterocycles. The third kappa shape index (κ3) is 2.14. The highest BCUT2D eigenvalue weighted by Crippen LogP contribution is 2.22. The molecule has 9 heteroatoms. The van der Waals surface area contributed by atoms with Crippen LogP contribution in [-0.4, -0.2) is 40.1 Å². The molecule has 0 radical (unpaired) electrons. The van der Waals surface area contributed by atoms with E-state index in [1.165, 1.54) is 17.7 Å². The summed E-state index contributed by atoms with van der Waals surface area (Å²) in [6.07, 6.45) is 1.33. The number of aromatic nitrogens is 4. The SMILES string of the molecule is Cc1noc(C)c1S(=O)(=O)N(C)Cc1ncn[nH]1. The molecule has 0 saturated heterocycles. The van der Waals surface area contributed by atoms with Crippen molar-refractivity contribution in [2.45, 2.75) is 25.3 Å². The van der Waals surface area contributed by atoms with E-state index in [0.29, 0.717) is 11.5 Å². The summed E-state index contributed by atoms with van der Waals surface area (Å²) in [5.74, 6) is 0.741. The van der Waals surface area contributed by atoms with Crippen LogP contribution in [0.2, 0.25) is 0 Å². The van der Waals surface area contributed by atoms with Gasteiger partial charge < -0.3 is 4.52 Å². The van der Waals surface area contributed by atoms with E-state index in [1.807, 2.05) is 0 Å². The van der Waals surface area contributed by atoms with Gasteiger partial charge in [-0.25, -0.2) is 13.4 Å². The number of hydrogen-bond donors (Lipinski definition) is 1. The van der Waals surface area contributed by atoms with Crippen molar-refractivity contribution < 1.29 is 12.9 Å². The summed E-state index contributed by atoms with van der Waals surface area (Å²) >= 11 is 0. The number of nitrogens with zero attached hydrogens (tertiary/aromatic N) is 4. The fraction of sp³-hybridized carbons (Fsp3) is 0.444. The van der Waals surface area contributed by atoms with Gasteiger partial charge in [-0.05, 0) is 13.8 Å². The zero-order valence-electron chi connectivity index (χ0n) is 10.2. The maximum Gasteiger partial charge on any atom is 0.248 e. The number of nitrogens with one attached hydrogen (secondary N) is 1. The molecule has 0 bridgehead atoms. The van der Waals surface area contributed by atoms with Crippen LogP contribution in [0.1, 0.15) is 17.3 Å². The number of H-pyrrole nitrogens is 1. The van der Waals surface area contributed by atoms with Crippen molar-refractivity contribution in [1.82, 2.24) is 24.6 Å². The highest BCUT2D eigenvalue weighted by Gasteiger charge is 2.28. The molecule has 0 atom stereocenters. The Morgan fingerprint density at radius 2 is 2.17 bits per heavy atom. The Labute approximate surface area is 104 Å². The van der Waals surface area contributed by atoms with E-state index in [4.69, 9.17) is 4.52 Å². The molecule has 2 aromatic rings. The highest BCUT2D eigenvalue weighted by molar-refractivity contribution is 7.89. The number of hydrogen-bond acceptors (Lipinski definition) is 6. The number of aryl methyl sites for hydroxylation is 2. The molecule has 0 amide bonds. The zero-order valence-corrected chi connectivity index (χ0v) is 11.0. The predicted molar refractivity (Wildman–Crippen MR) is 61.0 cm³/mol. The molecular formula is C9H13N5O3S. The standard InChI is InChI=1S/C9H13N5O3S/c1-6-9(7(2)17-13-6)18(15,16)14(3)4-8-10-5-11-12-8/h5H,4H2,1-3H3,(H,10,11,12). The van der Waals surface area contributed by atoms with Crippen LogP contribution >= 0.6 is 0 Å². The van der Waals surface area contributed by atoms with Crippen molar-refractivity contribution in [3.05, 3.63) is 23.6 Å². The van der Waals surface area contributed by atoms with Gasteiger partial charge in [0.1, 0.15) is 22.7 Å². The van der Waals surface area contributed by atoms with E-state index in [2.05, 4.69) is 20.3 Å². The van der Waals surface area contributed by atoms with Crippen LogP contribution < -0.4 is 0 Å². The summed E-state index contributed by atoms with van der Waals surface area (Å²) in [6, 6.07) is 0. The third-order valence-corrected chi connectivity index (χ3v) is 4.52. The quantitative estimate of drug-likeness (QED) is 0.853. The van der Waals surface area contributed by atoms with Gasteiger partial charge in [-0.15, -0.1) is 0 Å². The second kappa shape index (κ2) is 4.50. The fourth-order valence-corrected chi connectivity index (χ4v) is 3.02. The molecule has 8 nitrogen and oxygen atoms in total. The van der Waals surface area contributed by atoms with Crippen molar-refractivity contribution in [2.24, 2.45) is 0 Å². The van der Waals surface area contributed by atoms with Gasteiger partial charge in [-0.3, -0.25) is 5.10 Å². The summed E-state index contributed by atoms with van der Waals surface area (Å²) < 4.78 is 30.7. The van der Waals surface area contributed by atoms with Crippen LogP contribution in [0, 0.1) is 13.8 Å². The van der Waals surface area contributed by atoms with E-state index in [-0.39, 0.29) is 17.2 Å². The van der Waals surface area contributed by atoms with E-state index in [0.717, 1.165) is 0 Å². The minimum atomic E-state index is -3.64. The molecule has 0 unspecified atom stereocenters. The maximum atomic E-state index is 12.3.